The van der Waals surface area contributed by atoms with Crippen LogP contribution in [0.1, 0.15) is 30.7 Å². The summed E-state index contributed by atoms with van der Waals surface area (Å²) in [5, 5.41) is 6.37. The van der Waals surface area contributed by atoms with E-state index in [2.05, 4.69) is 10.2 Å². The van der Waals surface area contributed by atoms with Crippen molar-refractivity contribution in [3.63, 3.8) is 0 Å². The van der Waals surface area contributed by atoms with E-state index in [9.17, 15) is 13.2 Å². The molecule has 0 aromatic carbocycles. The average molecular weight is 300 g/mol. The Labute approximate surface area is 112 Å². The molecule has 0 amide bonds. The fraction of sp³-hybridized carbons (Fsp3) is 0.800. The minimum atomic E-state index is -4.41. The van der Waals surface area contributed by atoms with E-state index in [-0.39, 0.29) is 6.04 Å². The lowest BCUT2D eigenvalue weighted by Gasteiger charge is -2.34. The van der Waals surface area contributed by atoms with Gasteiger partial charge in [0.05, 0.1) is 0 Å². The van der Waals surface area contributed by atoms with Gasteiger partial charge in [0.15, 0.2) is 0 Å². The Morgan fingerprint density at radius 1 is 1.33 bits per heavy atom. The molecule has 8 heteroatoms. The number of hydrogen-bond acceptors (Lipinski definition) is 4. The molecule has 1 aliphatic rings. The molecule has 1 saturated heterocycles. The molecule has 2 rings (SSSR count). The average Bonchev–Trinajstić information content (AvgIpc) is 2.79. The van der Waals surface area contributed by atoms with Crippen LogP contribution in [0.3, 0.4) is 0 Å². The Bertz CT molecular complexity index is 394. The molecule has 0 aliphatic carbocycles. The summed E-state index contributed by atoms with van der Waals surface area (Å²) in [6.07, 6.45) is -0.632. The summed E-state index contributed by atoms with van der Waals surface area (Å²) < 4.78 is 37.4. The predicted octanol–water partition coefficient (Wildman–Crippen LogP) is 3.54. The van der Waals surface area contributed by atoms with Gasteiger partial charge in [0.25, 0.3) is 0 Å². The zero-order chi connectivity index (χ0) is 13.2. The van der Waals surface area contributed by atoms with E-state index in [1.54, 1.807) is 0 Å². The van der Waals surface area contributed by atoms with Crippen LogP contribution in [0.5, 0.6) is 0 Å². The van der Waals surface area contributed by atoms with Crippen molar-refractivity contribution in [3.05, 3.63) is 5.01 Å². The quantitative estimate of drug-likeness (QED) is 0.799. The van der Waals surface area contributed by atoms with Crippen LogP contribution in [0.25, 0.3) is 0 Å². The Morgan fingerprint density at radius 2 is 2.11 bits per heavy atom. The monoisotopic (exact) mass is 299 g/mol. The van der Waals surface area contributed by atoms with Gasteiger partial charge in [-0.1, -0.05) is 11.3 Å². The molecule has 2 heterocycles. The van der Waals surface area contributed by atoms with Gasteiger partial charge in [0.2, 0.25) is 10.1 Å². The third kappa shape index (κ3) is 3.06. The maximum Gasteiger partial charge on any atom is 0.445 e. The van der Waals surface area contributed by atoms with Gasteiger partial charge < -0.3 is 4.90 Å². The van der Waals surface area contributed by atoms with Gasteiger partial charge in [-0.3, -0.25) is 0 Å². The Kier molecular flexibility index (Phi) is 4.32. The molecule has 1 atom stereocenters. The summed E-state index contributed by atoms with van der Waals surface area (Å²) in [7, 11) is 0. The maximum atomic E-state index is 12.5. The first-order chi connectivity index (χ1) is 8.52. The fourth-order valence-electron chi connectivity index (χ4n) is 2.12. The van der Waals surface area contributed by atoms with Crippen LogP contribution in [0.4, 0.5) is 18.3 Å². The molecular formula is C10H13ClF3N3S. The van der Waals surface area contributed by atoms with Crippen LogP contribution in [-0.2, 0) is 6.18 Å². The molecule has 0 radical (unpaired) electrons. The highest BCUT2D eigenvalue weighted by Gasteiger charge is 2.37. The summed E-state index contributed by atoms with van der Waals surface area (Å²) in [5.74, 6) is 0.506. The van der Waals surface area contributed by atoms with E-state index in [0.29, 0.717) is 22.3 Å². The first-order valence-corrected chi connectivity index (χ1v) is 7.11. The van der Waals surface area contributed by atoms with Gasteiger partial charge in [-0.2, -0.15) is 13.2 Å². The van der Waals surface area contributed by atoms with Crippen molar-refractivity contribution >= 4 is 28.1 Å². The summed E-state index contributed by atoms with van der Waals surface area (Å²) in [6.45, 7) is 0.730. The SMILES string of the molecule is FC(F)(F)c1nnc(N2CCCCC2CCCl)s1. The van der Waals surface area contributed by atoms with Gasteiger partial charge >= 0.3 is 6.18 Å². The molecule has 18 heavy (non-hydrogen) atoms. The highest BCUT2D eigenvalue weighted by atomic mass is 35.5. The number of anilines is 1. The Hall–Kier alpha value is -0.560. The highest BCUT2D eigenvalue weighted by Crippen LogP contribution is 2.36. The zero-order valence-electron chi connectivity index (χ0n) is 9.58. The first-order valence-electron chi connectivity index (χ1n) is 5.75. The molecule has 0 spiro atoms. The summed E-state index contributed by atoms with van der Waals surface area (Å²) in [6, 6.07) is 0.185. The Morgan fingerprint density at radius 3 is 2.72 bits per heavy atom. The number of hydrogen-bond donors (Lipinski definition) is 0. The molecule has 3 nitrogen and oxygen atoms in total. The standard InChI is InChI=1S/C10H13ClF3N3S/c11-5-4-7-3-1-2-6-17(7)9-16-15-8(18-9)10(12,13)14/h7H,1-6H2. The molecule has 1 aromatic heterocycles. The zero-order valence-corrected chi connectivity index (χ0v) is 11.2. The van der Waals surface area contributed by atoms with E-state index in [4.69, 9.17) is 11.6 Å². The second-order valence-corrected chi connectivity index (χ2v) is 5.54. The van der Waals surface area contributed by atoms with Crippen molar-refractivity contribution in [1.29, 1.82) is 0 Å². The minimum absolute atomic E-state index is 0.185. The molecule has 1 aliphatic heterocycles. The van der Waals surface area contributed by atoms with Gasteiger partial charge in [-0.05, 0) is 25.7 Å². The summed E-state index contributed by atoms with van der Waals surface area (Å²) in [5.41, 5.74) is 0. The molecule has 1 fully saturated rings. The van der Waals surface area contributed by atoms with Gasteiger partial charge in [0, 0.05) is 18.5 Å². The van der Waals surface area contributed by atoms with Crippen LogP contribution in [0.15, 0.2) is 0 Å². The number of piperidine rings is 1. The van der Waals surface area contributed by atoms with E-state index in [1.165, 1.54) is 0 Å². The lowest BCUT2D eigenvalue weighted by atomic mass is 10.0. The van der Waals surface area contributed by atoms with Crippen molar-refractivity contribution in [3.8, 4) is 0 Å². The number of halogens is 4. The van der Waals surface area contributed by atoms with Crippen LogP contribution < -0.4 is 4.90 Å². The second-order valence-electron chi connectivity index (χ2n) is 4.21. The first kappa shape index (κ1) is 13.9. The van der Waals surface area contributed by atoms with Crippen LogP contribution >= 0.6 is 22.9 Å². The molecule has 0 N–H and O–H groups in total. The maximum absolute atomic E-state index is 12.5. The number of aromatic nitrogens is 2. The smallest absolute Gasteiger partial charge is 0.344 e. The third-order valence-electron chi connectivity index (χ3n) is 2.97. The van der Waals surface area contributed by atoms with Crippen molar-refractivity contribution in [2.24, 2.45) is 0 Å². The van der Waals surface area contributed by atoms with Crippen molar-refractivity contribution in [1.82, 2.24) is 10.2 Å². The topological polar surface area (TPSA) is 29.0 Å². The number of alkyl halides is 4. The minimum Gasteiger partial charge on any atom is -0.344 e. The molecule has 1 unspecified atom stereocenters. The molecule has 0 saturated carbocycles. The van der Waals surface area contributed by atoms with E-state index in [1.807, 2.05) is 4.90 Å². The van der Waals surface area contributed by atoms with Crippen LogP contribution in [0.2, 0.25) is 0 Å². The molecule has 0 bridgehead atoms. The highest BCUT2D eigenvalue weighted by molar-refractivity contribution is 7.15. The van der Waals surface area contributed by atoms with Crippen molar-refractivity contribution < 1.29 is 13.2 Å². The largest absolute Gasteiger partial charge is 0.445 e. The van der Waals surface area contributed by atoms with Gasteiger partial charge in [-0.25, -0.2) is 0 Å². The second kappa shape index (κ2) is 5.61. The normalized spacial score (nSPS) is 21.3. The summed E-state index contributed by atoms with van der Waals surface area (Å²) >= 11 is 6.34. The van der Waals surface area contributed by atoms with Crippen LogP contribution in [-0.4, -0.2) is 28.7 Å². The predicted molar refractivity (Wildman–Crippen MR) is 65.2 cm³/mol. The molecular weight excluding hydrogens is 287 g/mol. The molecule has 1 aromatic rings. The van der Waals surface area contributed by atoms with E-state index < -0.39 is 11.2 Å². The third-order valence-corrected chi connectivity index (χ3v) is 4.20. The lowest BCUT2D eigenvalue weighted by molar-refractivity contribution is -0.138. The van der Waals surface area contributed by atoms with Gasteiger partial charge in [0.1, 0.15) is 0 Å². The fourth-order valence-corrected chi connectivity index (χ4v) is 3.19. The Balaban J connectivity index is 2.15. The van der Waals surface area contributed by atoms with Crippen molar-refractivity contribution in [2.75, 3.05) is 17.3 Å². The molecule has 102 valence electrons. The van der Waals surface area contributed by atoms with Gasteiger partial charge in [-0.15, -0.1) is 21.8 Å². The van der Waals surface area contributed by atoms with Crippen LogP contribution in [0, 0.1) is 0 Å². The number of rotatable bonds is 3. The van der Waals surface area contributed by atoms with Crippen molar-refractivity contribution in [2.45, 2.75) is 37.9 Å². The van der Waals surface area contributed by atoms with E-state index in [0.717, 1.165) is 32.2 Å². The lowest BCUT2D eigenvalue weighted by Crippen LogP contribution is -2.39. The summed E-state index contributed by atoms with van der Waals surface area (Å²) in [4.78, 5) is 1.92. The van der Waals surface area contributed by atoms with E-state index >= 15 is 0 Å². The number of nitrogens with zero attached hydrogens (tertiary/aromatic N) is 3.